The maximum atomic E-state index is 9.17. The molecule has 8 aromatic rings. The lowest BCUT2D eigenvalue weighted by Crippen LogP contribution is -1.96. The number of benzene rings is 7. The van der Waals surface area contributed by atoms with Crippen LogP contribution in [0.25, 0.3) is 77.7 Å². The molecule has 0 fully saturated rings. The van der Waals surface area contributed by atoms with Crippen molar-refractivity contribution in [3.8, 4) is 62.2 Å². The molecule has 8 rings (SSSR count). The largest absolute Gasteiger partial charge is 0.228 e. The number of nitriles is 1. The number of hydrogen-bond acceptors (Lipinski definition) is 3. The summed E-state index contributed by atoms with van der Waals surface area (Å²) < 4.78 is 0. The Morgan fingerprint density at radius 1 is 0.391 bits per heavy atom. The fourth-order valence-corrected chi connectivity index (χ4v) is 6.17. The maximum absolute atomic E-state index is 9.17. The van der Waals surface area contributed by atoms with Gasteiger partial charge in [0.1, 0.15) is 0 Å². The molecule has 46 heavy (non-hydrogen) atoms. The zero-order valence-electron chi connectivity index (χ0n) is 24.9. The highest BCUT2D eigenvalue weighted by Gasteiger charge is 2.14. The Morgan fingerprint density at radius 2 is 0.957 bits per heavy atom. The lowest BCUT2D eigenvalue weighted by atomic mass is 9.94. The van der Waals surface area contributed by atoms with Gasteiger partial charge in [-0.15, -0.1) is 0 Å². The van der Waals surface area contributed by atoms with E-state index in [1.165, 1.54) is 16.5 Å². The van der Waals surface area contributed by atoms with Crippen LogP contribution in [0.1, 0.15) is 5.56 Å². The molecule has 7 aromatic carbocycles. The summed E-state index contributed by atoms with van der Waals surface area (Å²) in [5.74, 6) is 0.695. The quantitative estimate of drug-likeness (QED) is 0.202. The van der Waals surface area contributed by atoms with E-state index in [0.29, 0.717) is 11.4 Å². The predicted octanol–water partition coefficient (Wildman–Crippen LogP) is 11.0. The minimum atomic E-state index is 0.661. The Kier molecular flexibility index (Phi) is 6.87. The van der Waals surface area contributed by atoms with Gasteiger partial charge in [-0.2, -0.15) is 5.26 Å². The molecule has 0 atom stereocenters. The first-order valence-electron chi connectivity index (χ1n) is 15.3. The topological polar surface area (TPSA) is 49.6 Å². The lowest BCUT2D eigenvalue weighted by Gasteiger charge is -2.13. The van der Waals surface area contributed by atoms with Crippen LogP contribution < -0.4 is 0 Å². The van der Waals surface area contributed by atoms with E-state index in [9.17, 15) is 0 Å². The molecule has 0 unspecified atom stereocenters. The van der Waals surface area contributed by atoms with Crippen LogP contribution in [0.4, 0.5) is 0 Å². The molecular weight excluding hydrogens is 558 g/mol. The number of hydrogen-bond donors (Lipinski definition) is 0. The third-order valence-electron chi connectivity index (χ3n) is 8.52. The highest BCUT2D eigenvalue weighted by molar-refractivity contribution is 6.04. The number of nitrogens with zero attached hydrogens (tertiary/aromatic N) is 3. The molecule has 0 spiro atoms. The Labute approximate surface area is 267 Å². The van der Waals surface area contributed by atoms with Gasteiger partial charge in [0, 0.05) is 16.7 Å². The van der Waals surface area contributed by atoms with E-state index < -0.39 is 0 Å². The van der Waals surface area contributed by atoms with Gasteiger partial charge < -0.3 is 0 Å². The average molecular weight is 586 g/mol. The monoisotopic (exact) mass is 585 g/mol. The molecule has 0 saturated heterocycles. The van der Waals surface area contributed by atoms with Gasteiger partial charge in [-0.1, -0.05) is 133 Å². The van der Waals surface area contributed by atoms with Crippen molar-refractivity contribution >= 4 is 21.5 Å². The minimum Gasteiger partial charge on any atom is -0.228 e. The van der Waals surface area contributed by atoms with E-state index in [1.54, 1.807) is 0 Å². The summed E-state index contributed by atoms with van der Waals surface area (Å²) >= 11 is 0. The van der Waals surface area contributed by atoms with Gasteiger partial charge in [0.05, 0.1) is 23.0 Å². The average Bonchev–Trinajstić information content (AvgIpc) is 3.14. The van der Waals surface area contributed by atoms with Crippen molar-refractivity contribution in [2.75, 3.05) is 0 Å². The second kappa shape index (κ2) is 11.6. The van der Waals surface area contributed by atoms with Gasteiger partial charge in [-0.05, 0) is 74.1 Å². The van der Waals surface area contributed by atoms with Crippen LogP contribution in [0.3, 0.4) is 0 Å². The number of fused-ring (bicyclic) bond motifs is 2. The van der Waals surface area contributed by atoms with Crippen LogP contribution in [-0.4, -0.2) is 9.97 Å². The third-order valence-corrected chi connectivity index (χ3v) is 8.52. The Hall–Kier alpha value is -6.37. The summed E-state index contributed by atoms with van der Waals surface area (Å²) in [5, 5.41) is 13.8. The van der Waals surface area contributed by atoms with Crippen LogP contribution in [0, 0.1) is 11.3 Å². The summed E-state index contributed by atoms with van der Waals surface area (Å²) in [6.45, 7) is 0. The fourth-order valence-electron chi connectivity index (χ4n) is 6.17. The summed E-state index contributed by atoms with van der Waals surface area (Å²) in [5.41, 5.74) is 10.1. The van der Waals surface area contributed by atoms with Crippen LogP contribution in [0.2, 0.25) is 0 Å². The summed E-state index contributed by atoms with van der Waals surface area (Å²) in [6, 6.07) is 58.7. The first kappa shape index (κ1) is 27.2. The highest BCUT2D eigenvalue weighted by Crippen LogP contribution is 2.36. The molecule has 0 amide bonds. The van der Waals surface area contributed by atoms with Crippen molar-refractivity contribution in [2.24, 2.45) is 0 Å². The SMILES string of the molecule is N#Cc1ccc(-c2ccc3cc(-c4cc(-c5cccc6c(-c7ccccc7)cccc56)nc(-c5ccccc5)n4)ccc3c2)cc1. The van der Waals surface area contributed by atoms with Crippen LogP contribution in [0.15, 0.2) is 164 Å². The van der Waals surface area contributed by atoms with Crippen LogP contribution in [0.5, 0.6) is 0 Å². The molecular formula is C43H27N3. The molecule has 1 aromatic heterocycles. The Bertz CT molecular complexity index is 2410. The fraction of sp³-hybridized carbons (Fsp3) is 0. The van der Waals surface area contributed by atoms with Gasteiger partial charge in [0.2, 0.25) is 0 Å². The molecule has 0 aliphatic carbocycles. The zero-order valence-corrected chi connectivity index (χ0v) is 24.9. The zero-order chi connectivity index (χ0) is 30.9. The molecule has 0 aliphatic rings. The van der Waals surface area contributed by atoms with E-state index in [1.807, 2.05) is 42.5 Å². The molecule has 0 radical (unpaired) electrons. The Morgan fingerprint density at radius 3 is 1.65 bits per heavy atom. The molecule has 3 heteroatoms. The van der Waals surface area contributed by atoms with Gasteiger partial charge >= 0.3 is 0 Å². The summed E-state index contributed by atoms with van der Waals surface area (Å²) in [7, 11) is 0. The molecule has 0 bridgehead atoms. The van der Waals surface area contributed by atoms with Crippen molar-refractivity contribution in [1.82, 2.24) is 9.97 Å². The second-order valence-corrected chi connectivity index (χ2v) is 11.4. The number of rotatable bonds is 5. The van der Waals surface area contributed by atoms with Gasteiger partial charge in [-0.25, -0.2) is 9.97 Å². The van der Waals surface area contributed by atoms with Crippen molar-refractivity contribution in [2.45, 2.75) is 0 Å². The van der Waals surface area contributed by atoms with E-state index in [0.717, 1.165) is 55.4 Å². The summed E-state index contributed by atoms with van der Waals surface area (Å²) in [4.78, 5) is 10.2. The first-order valence-corrected chi connectivity index (χ1v) is 15.3. The van der Waals surface area contributed by atoms with E-state index in [4.69, 9.17) is 15.2 Å². The second-order valence-electron chi connectivity index (χ2n) is 11.4. The molecule has 0 aliphatic heterocycles. The summed E-state index contributed by atoms with van der Waals surface area (Å²) in [6.07, 6.45) is 0. The van der Waals surface area contributed by atoms with E-state index in [2.05, 4.69) is 127 Å². The van der Waals surface area contributed by atoms with Crippen molar-refractivity contribution in [1.29, 1.82) is 5.26 Å². The first-order chi connectivity index (χ1) is 22.7. The van der Waals surface area contributed by atoms with Gasteiger partial charge in [0.25, 0.3) is 0 Å². The Balaban J connectivity index is 1.26. The van der Waals surface area contributed by atoms with E-state index in [-0.39, 0.29) is 0 Å². The molecule has 0 N–H and O–H groups in total. The minimum absolute atomic E-state index is 0.661. The van der Waals surface area contributed by atoms with Crippen LogP contribution >= 0.6 is 0 Å². The number of aromatic nitrogens is 2. The maximum Gasteiger partial charge on any atom is 0.160 e. The van der Waals surface area contributed by atoms with E-state index >= 15 is 0 Å². The molecule has 1 heterocycles. The van der Waals surface area contributed by atoms with Gasteiger partial charge in [0.15, 0.2) is 5.82 Å². The molecule has 214 valence electrons. The molecule has 0 saturated carbocycles. The molecule has 3 nitrogen and oxygen atoms in total. The standard InChI is InChI=1S/C43H27N3/c44-28-29-17-19-30(20-18-29)33-21-22-35-26-36(24-23-34(35)25-33)41-27-42(46-43(45-41)32-11-5-2-6-12-32)40-16-8-14-38-37(13-7-15-39(38)40)31-9-3-1-4-10-31/h1-27H. The lowest BCUT2D eigenvalue weighted by molar-refractivity contribution is 1.19. The predicted molar refractivity (Wildman–Crippen MR) is 189 cm³/mol. The van der Waals surface area contributed by atoms with Crippen molar-refractivity contribution in [3.63, 3.8) is 0 Å². The van der Waals surface area contributed by atoms with Crippen molar-refractivity contribution < 1.29 is 0 Å². The third kappa shape index (κ3) is 5.09. The smallest absolute Gasteiger partial charge is 0.160 e. The van der Waals surface area contributed by atoms with Gasteiger partial charge in [-0.3, -0.25) is 0 Å². The van der Waals surface area contributed by atoms with Crippen molar-refractivity contribution in [3.05, 3.63) is 169 Å². The normalized spacial score (nSPS) is 11.0. The highest BCUT2D eigenvalue weighted by atomic mass is 14.9. The van der Waals surface area contributed by atoms with Crippen LogP contribution in [-0.2, 0) is 0 Å².